The Hall–Kier alpha value is -1.86. The Morgan fingerprint density at radius 3 is 2.90 bits per heavy atom. The van der Waals surface area contributed by atoms with Crippen LogP contribution in [0.15, 0.2) is 18.2 Å². The summed E-state index contributed by atoms with van der Waals surface area (Å²) in [6.45, 7) is 2.30. The topological polar surface area (TPSA) is 55.1 Å². The molecule has 0 spiro atoms. The van der Waals surface area contributed by atoms with Crippen LogP contribution >= 0.6 is 0 Å². The molecule has 0 aliphatic heterocycles. The van der Waals surface area contributed by atoms with Crippen LogP contribution in [0.3, 0.4) is 0 Å². The predicted molar refractivity (Wildman–Crippen MR) is 77.5 cm³/mol. The zero-order chi connectivity index (χ0) is 14.5. The van der Waals surface area contributed by atoms with E-state index in [1.54, 1.807) is 12.1 Å². The molecule has 4 heteroatoms. The van der Waals surface area contributed by atoms with Crippen molar-refractivity contribution in [1.82, 2.24) is 0 Å². The van der Waals surface area contributed by atoms with Crippen molar-refractivity contribution in [3.8, 4) is 11.8 Å². The van der Waals surface area contributed by atoms with E-state index in [2.05, 4.69) is 24.1 Å². The van der Waals surface area contributed by atoms with E-state index in [1.807, 2.05) is 0 Å². The number of benzene rings is 1. The second-order valence-corrected chi connectivity index (χ2v) is 5.20. The Morgan fingerprint density at radius 2 is 2.30 bits per heavy atom. The summed E-state index contributed by atoms with van der Waals surface area (Å²) in [7, 11) is 0. The maximum Gasteiger partial charge on any atom is 0.227 e. The number of amides is 1. The maximum atomic E-state index is 13.9. The van der Waals surface area contributed by atoms with Gasteiger partial charge in [-0.15, -0.1) is 0 Å². The molecule has 0 bridgehead atoms. The molecule has 2 rings (SSSR count). The Kier molecular flexibility index (Phi) is 4.75. The summed E-state index contributed by atoms with van der Waals surface area (Å²) in [6, 6.07) is 4.54. The van der Waals surface area contributed by atoms with Gasteiger partial charge in [0.05, 0.1) is 12.2 Å². The molecule has 0 aromatic heterocycles. The van der Waals surface area contributed by atoms with Crippen molar-refractivity contribution in [3.63, 3.8) is 0 Å². The van der Waals surface area contributed by atoms with Gasteiger partial charge in [-0.3, -0.25) is 4.79 Å². The third kappa shape index (κ3) is 3.37. The molecule has 3 N–H and O–H groups in total. The summed E-state index contributed by atoms with van der Waals surface area (Å²) < 4.78 is 13.9. The first-order valence-electron chi connectivity index (χ1n) is 6.91. The number of hydrogen-bond acceptors (Lipinski definition) is 2. The highest BCUT2D eigenvalue weighted by atomic mass is 19.1. The lowest BCUT2D eigenvalue weighted by atomic mass is 9.97. The molecule has 0 saturated heterocycles. The third-order valence-corrected chi connectivity index (χ3v) is 3.76. The number of nitrogens with one attached hydrogen (secondary N) is 1. The average Bonchev–Trinajstić information content (AvgIpc) is 2.85. The van der Waals surface area contributed by atoms with Gasteiger partial charge in [0.15, 0.2) is 0 Å². The minimum Gasteiger partial charge on any atom is -0.323 e. The highest BCUT2D eigenvalue weighted by Crippen LogP contribution is 2.32. The van der Waals surface area contributed by atoms with Gasteiger partial charge >= 0.3 is 0 Å². The highest BCUT2D eigenvalue weighted by Gasteiger charge is 2.29. The molecule has 1 aromatic rings. The molecule has 0 heterocycles. The molecule has 2 unspecified atom stereocenters. The van der Waals surface area contributed by atoms with Gasteiger partial charge in [-0.1, -0.05) is 25.2 Å². The summed E-state index contributed by atoms with van der Waals surface area (Å²) in [5.74, 6) is 5.23. The van der Waals surface area contributed by atoms with Gasteiger partial charge in [-0.05, 0) is 37.0 Å². The number of carbonyl (C=O) groups is 1. The van der Waals surface area contributed by atoms with Crippen LogP contribution in [0.2, 0.25) is 0 Å². The summed E-state index contributed by atoms with van der Waals surface area (Å²) in [5.41, 5.74) is 6.04. The Morgan fingerprint density at radius 1 is 1.50 bits per heavy atom. The molecule has 1 aromatic carbocycles. The molecular formula is C16H19FN2O. The molecule has 1 fully saturated rings. The Bertz CT molecular complexity index is 559. The molecule has 3 nitrogen and oxygen atoms in total. The lowest BCUT2D eigenvalue weighted by Crippen LogP contribution is -2.25. The summed E-state index contributed by atoms with van der Waals surface area (Å²) in [6.07, 6.45) is 3.01. The van der Waals surface area contributed by atoms with Crippen LogP contribution in [0.1, 0.15) is 31.7 Å². The van der Waals surface area contributed by atoms with E-state index in [-0.39, 0.29) is 24.1 Å². The minimum atomic E-state index is -0.465. The van der Waals surface area contributed by atoms with E-state index >= 15 is 0 Å². The van der Waals surface area contributed by atoms with Crippen molar-refractivity contribution in [2.75, 3.05) is 11.9 Å². The van der Waals surface area contributed by atoms with Crippen LogP contribution < -0.4 is 11.1 Å². The predicted octanol–water partition coefficient (Wildman–Crippen LogP) is 2.51. The minimum absolute atomic E-state index is 0.00823. The first-order chi connectivity index (χ1) is 9.61. The van der Waals surface area contributed by atoms with Gasteiger partial charge in [0, 0.05) is 11.5 Å². The fourth-order valence-electron chi connectivity index (χ4n) is 2.61. The van der Waals surface area contributed by atoms with Crippen LogP contribution in [0, 0.1) is 29.5 Å². The molecule has 0 radical (unpaired) electrons. The summed E-state index contributed by atoms with van der Waals surface area (Å²) in [4.78, 5) is 12.1. The van der Waals surface area contributed by atoms with Crippen LogP contribution in [0.5, 0.6) is 0 Å². The number of nitrogens with two attached hydrogens (primary N) is 1. The number of rotatable bonds is 2. The fourth-order valence-corrected chi connectivity index (χ4v) is 2.61. The van der Waals surface area contributed by atoms with Crippen molar-refractivity contribution in [2.24, 2.45) is 17.6 Å². The lowest BCUT2D eigenvalue weighted by Gasteiger charge is -2.15. The average molecular weight is 274 g/mol. The van der Waals surface area contributed by atoms with E-state index < -0.39 is 5.82 Å². The first kappa shape index (κ1) is 14.5. The summed E-state index contributed by atoms with van der Waals surface area (Å²) in [5, 5.41) is 2.68. The first-order valence-corrected chi connectivity index (χ1v) is 6.91. The van der Waals surface area contributed by atoms with Gasteiger partial charge in [0.1, 0.15) is 5.82 Å². The number of carbonyl (C=O) groups excluding carboxylic acids is 1. The van der Waals surface area contributed by atoms with E-state index in [0.717, 1.165) is 19.3 Å². The van der Waals surface area contributed by atoms with Crippen molar-refractivity contribution in [2.45, 2.75) is 26.2 Å². The van der Waals surface area contributed by atoms with Gasteiger partial charge in [-0.25, -0.2) is 4.39 Å². The fraction of sp³-hybridized carbons (Fsp3) is 0.438. The third-order valence-electron chi connectivity index (χ3n) is 3.76. The normalized spacial score (nSPS) is 21.1. The summed E-state index contributed by atoms with van der Waals surface area (Å²) >= 11 is 0. The second kappa shape index (κ2) is 6.53. The van der Waals surface area contributed by atoms with Crippen LogP contribution in [0.25, 0.3) is 0 Å². The van der Waals surface area contributed by atoms with Crippen LogP contribution in [0.4, 0.5) is 10.1 Å². The van der Waals surface area contributed by atoms with E-state index in [9.17, 15) is 9.18 Å². The zero-order valence-electron chi connectivity index (χ0n) is 11.6. The Balaban J connectivity index is 2.08. The van der Waals surface area contributed by atoms with Crippen molar-refractivity contribution >= 4 is 11.6 Å². The Labute approximate surface area is 118 Å². The quantitative estimate of drug-likeness (QED) is 0.814. The SMILES string of the molecule is CC1CCCC1C(=O)Nc1ccc(C#CCN)cc1F. The molecule has 106 valence electrons. The van der Waals surface area contributed by atoms with E-state index in [1.165, 1.54) is 6.07 Å². The van der Waals surface area contributed by atoms with Crippen LogP contribution in [-0.2, 0) is 4.79 Å². The number of halogens is 1. The lowest BCUT2D eigenvalue weighted by molar-refractivity contribution is -0.120. The van der Waals surface area contributed by atoms with Gasteiger partial charge in [0.25, 0.3) is 0 Å². The monoisotopic (exact) mass is 274 g/mol. The van der Waals surface area contributed by atoms with Crippen molar-refractivity contribution < 1.29 is 9.18 Å². The second-order valence-electron chi connectivity index (χ2n) is 5.20. The highest BCUT2D eigenvalue weighted by molar-refractivity contribution is 5.93. The molecule has 1 amide bonds. The van der Waals surface area contributed by atoms with Gasteiger partial charge in [-0.2, -0.15) is 0 Å². The number of hydrogen-bond donors (Lipinski definition) is 2. The molecule has 1 aliphatic rings. The van der Waals surface area contributed by atoms with Crippen molar-refractivity contribution in [3.05, 3.63) is 29.6 Å². The van der Waals surface area contributed by atoms with Crippen LogP contribution in [-0.4, -0.2) is 12.5 Å². The maximum absolute atomic E-state index is 13.9. The molecule has 1 saturated carbocycles. The standard InChI is InChI=1S/C16H19FN2O/c1-11-4-2-6-13(11)16(20)19-15-8-7-12(5-3-9-18)10-14(15)17/h7-8,10-11,13H,2,4,6,9,18H2,1H3,(H,19,20). The molecular weight excluding hydrogens is 255 g/mol. The van der Waals surface area contributed by atoms with E-state index in [0.29, 0.717) is 11.5 Å². The molecule has 2 atom stereocenters. The molecule has 1 aliphatic carbocycles. The molecule has 20 heavy (non-hydrogen) atoms. The van der Waals surface area contributed by atoms with Crippen molar-refractivity contribution in [1.29, 1.82) is 0 Å². The largest absolute Gasteiger partial charge is 0.323 e. The smallest absolute Gasteiger partial charge is 0.227 e. The number of anilines is 1. The van der Waals surface area contributed by atoms with E-state index in [4.69, 9.17) is 5.73 Å². The van der Waals surface area contributed by atoms with Gasteiger partial charge in [0.2, 0.25) is 5.91 Å². The zero-order valence-corrected chi connectivity index (χ0v) is 11.6. The van der Waals surface area contributed by atoms with Gasteiger partial charge < -0.3 is 11.1 Å².